The minimum atomic E-state index is -5.01. The van der Waals surface area contributed by atoms with Crippen molar-refractivity contribution in [1.82, 2.24) is 0 Å². The number of halogens is 7. The summed E-state index contributed by atoms with van der Waals surface area (Å²) in [6.07, 6.45) is -5.01. The molecule has 0 amide bonds. The Kier molecular flexibility index (Phi) is 3.57. The Morgan fingerprint density at radius 2 is 1.75 bits per heavy atom. The molecule has 1 rings (SSSR count). The molecule has 0 N–H and O–H groups in total. The number of ether oxygens (including phenoxy) is 1. The molecular formula is C8H3ClF6O. The third kappa shape index (κ3) is 2.72. The minimum absolute atomic E-state index is 0.343. The number of benzene rings is 1. The Morgan fingerprint density at radius 1 is 1.19 bits per heavy atom. The highest BCUT2D eigenvalue weighted by molar-refractivity contribution is 6.32. The highest BCUT2D eigenvalue weighted by atomic mass is 35.5. The molecule has 0 saturated heterocycles. The fraction of sp³-hybridized carbons (Fsp3) is 0.250. The van der Waals surface area contributed by atoms with E-state index >= 15 is 0 Å². The second-order valence-corrected chi connectivity index (χ2v) is 3.02. The van der Waals surface area contributed by atoms with Crippen molar-refractivity contribution in [2.24, 2.45) is 0 Å². The van der Waals surface area contributed by atoms with Crippen LogP contribution in [-0.2, 0) is 6.18 Å². The van der Waals surface area contributed by atoms with Gasteiger partial charge in [0.1, 0.15) is 0 Å². The van der Waals surface area contributed by atoms with Crippen molar-refractivity contribution >= 4 is 11.6 Å². The second kappa shape index (κ2) is 4.40. The topological polar surface area (TPSA) is 9.23 Å². The largest absolute Gasteiger partial charge is 0.430 e. The van der Waals surface area contributed by atoms with Crippen LogP contribution in [0.2, 0.25) is 5.02 Å². The van der Waals surface area contributed by atoms with Crippen LogP contribution in [0, 0.1) is 5.82 Å². The smallest absolute Gasteiger partial charge is 0.419 e. The van der Waals surface area contributed by atoms with Gasteiger partial charge in [-0.05, 0) is 12.1 Å². The van der Waals surface area contributed by atoms with E-state index in [2.05, 4.69) is 4.74 Å². The highest BCUT2D eigenvalue weighted by Gasteiger charge is 2.36. The summed E-state index contributed by atoms with van der Waals surface area (Å²) >= 11 is 5.23. The summed E-state index contributed by atoms with van der Waals surface area (Å²) in [6.45, 7) is -3.46. The third-order valence-corrected chi connectivity index (χ3v) is 1.86. The van der Waals surface area contributed by atoms with Gasteiger partial charge in [-0.2, -0.15) is 22.0 Å². The van der Waals surface area contributed by atoms with Crippen LogP contribution in [0.25, 0.3) is 0 Å². The molecular weight excluding hydrogens is 262 g/mol. The first-order valence-corrected chi connectivity index (χ1v) is 4.11. The Bertz CT molecular complexity index is 389. The van der Waals surface area contributed by atoms with Crippen molar-refractivity contribution in [1.29, 1.82) is 0 Å². The summed E-state index contributed by atoms with van der Waals surface area (Å²) < 4.78 is 76.8. The summed E-state index contributed by atoms with van der Waals surface area (Å²) in [4.78, 5) is 0. The number of rotatable bonds is 2. The first kappa shape index (κ1) is 13.0. The SMILES string of the molecule is Fc1c(C(F)(F)F)ccc(Cl)c1OC(F)F. The van der Waals surface area contributed by atoms with Crippen LogP contribution in [0.4, 0.5) is 26.3 Å². The summed E-state index contributed by atoms with van der Waals surface area (Å²) in [5.41, 5.74) is -1.72. The molecule has 1 nitrogen and oxygen atoms in total. The maximum Gasteiger partial charge on any atom is 0.419 e. The Hall–Kier alpha value is -1.11. The lowest BCUT2D eigenvalue weighted by atomic mass is 10.2. The predicted octanol–water partition coefficient (Wildman–Crippen LogP) is 4.10. The number of hydrogen-bond acceptors (Lipinski definition) is 1. The normalized spacial score (nSPS) is 12.0. The van der Waals surface area contributed by atoms with Gasteiger partial charge in [0.25, 0.3) is 0 Å². The van der Waals surface area contributed by atoms with Gasteiger partial charge in [0.15, 0.2) is 11.6 Å². The lowest BCUT2D eigenvalue weighted by Crippen LogP contribution is -2.11. The highest BCUT2D eigenvalue weighted by Crippen LogP contribution is 2.38. The standard InChI is InChI=1S/C8H3ClF6O/c9-4-2-1-3(8(13,14)15)5(10)6(4)16-7(11)12/h1-2,7H. The molecule has 1 aromatic carbocycles. The van der Waals surface area contributed by atoms with Gasteiger partial charge in [-0.25, -0.2) is 4.39 Å². The zero-order valence-electron chi connectivity index (χ0n) is 7.29. The molecule has 0 aliphatic carbocycles. The van der Waals surface area contributed by atoms with Crippen LogP contribution in [-0.4, -0.2) is 6.61 Å². The van der Waals surface area contributed by atoms with E-state index < -0.39 is 34.9 Å². The van der Waals surface area contributed by atoms with Crippen molar-refractivity contribution in [3.63, 3.8) is 0 Å². The molecule has 0 aliphatic rings. The molecule has 0 spiro atoms. The lowest BCUT2D eigenvalue weighted by Gasteiger charge is -2.12. The van der Waals surface area contributed by atoms with Crippen molar-refractivity contribution in [3.8, 4) is 5.75 Å². The third-order valence-electron chi connectivity index (χ3n) is 1.56. The molecule has 0 unspecified atom stereocenters. The maximum atomic E-state index is 13.1. The summed E-state index contributed by atoms with van der Waals surface area (Å²) in [7, 11) is 0. The van der Waals surface area contributed by atoms with Crippen LogP contribution in [0.5, 0.6) is 5.75 Å². The van der Waals surface area contributed by atoms with E-state index in [1.807, 2.05) is 0 Å². The van der Waals surface area contributed by atoms with Gasteiger partial charge in [0.2, 0.25) is 0 Å². The van der Waals surface area contributed by atoms with Crippen molar-refractivity contribution < 1.29 is 31.1 Å². The van der Waals surface area contributed by atoms with E-state index in [0.717, 1.165) is 0 Å². The van der Waals surface area contributed by atoms with Crippen LogP contribution in [0.3, 0.4) is 0 Å². The van der Waals surface area contributed by atoms with Gasteiger partial charge in [0, 0.05) is 0 Å². The van der Waals surface area contributed by atoms with Crippen LogP contribution in [0.1, 0.15) is 5.56 Å². The van der Waals surface area contributed by atoms with Gasteiger partial charge < -0.3 is 4.74 Å². The molecule has 8 heteroatoms. The van der Waals surface area contributed by atoms with Crippen molar-refractivity contribution in [2.75, 3.05) is 0 Å². The molecule has 0 radical (unpaired) electrons. The van der Waals surface area contributed by atoms with E-state index in [-0.39, 0.29) is 0 Å². The van der Waals surface area contributed by atoms with E-state index in [4.69, 9.17) is 11.6 Å². The Balaban J connectivity index is 3.27. The van der Waals surface area contributed by atoms with E-state index in [9.17, 15) is 26.3 Å². The van der Waals surface area contributed by atoms with Crippen LogP contribution >= 0.6 is 11.6 Å². The van der Waals surface area contributed by atoms with Gasteiger partial charge in [-0.3, -0.25) is 0 Å². The maximum absolute atomic E-state index is 13.1. The molecule has 0 atom stereocenters. The van der Waals surface area contributed by atoms with Gasteiger partial charge >= 0.3 is 12.8 Å². The molecule has 0 saturated carbocycles. The molecule has 1 aromatic rings. The molecule has 0 aromatic heterocycles. The van der Waals surface area contributed by atoms with Crippen LogP contribution < -0.4 is 4.74 Å². The zero-order valence-corrected chi connectivity index (χ0v) is 8.04. The average Bonchev–Trinajstić information content (AvgIpc) is 2.09. The first-order chi connectivity index (χ1) is 7.23. The van der Waals surface area contributed by atoms with Crippen LogP contribution in [0.15, 0.2) is 12.1 Å². The Morgan fingerprint density at radius 3 is 2.19 bits per heavy atom. The van der Waals surface area contributed by atoms with Crippen molar-refractivity contribution in [3.05, 3.63) is 28.5 Å². The molecule has 0 aliphatic heterocycles. The van der Waals surface area contributed by atoms with Crippen molar-refractivity contribution in [2.45, 2.75) is 12.8 Å². The summed E-state index contributed by atoms with van der Waals surface area (Å²) in [5.74, 6) is -3.27. The summed E-state index contributed by atoms with van der Waals surface area (Å²) in [5, 5.41) is -0.661. The molecule has 16 heavy (non-hydrogen) atoms. The monoisotopic (exact) mass is 264 g/mol. The van der Waals surface area contributed by atoms with E-state index in [1.54, 1.807) is 0 Å². The Labute approximate surface area is 90.6 Å². The average molecular weight is 265 g/mol. The predicted molar refractivity (Wildman–Crippen MR) is 43.0 cm³/mol. The molecule has 0 heterocycles. The first-order valence-electron chi connectivity index (χ1n) is 3.73. The van der Waals surface area contributed by atoms with E-state index in [1.165, 1.54) is 0 Å². The summed E-state index contributed by atoms with van der Waals surface area (Å²) in [6, 6.07) is 0.973. The van der Waals surface area contributed by atoms with Gasteiger partial charge in [0.05, 0.1) is 10.6 Å². The lowest BCUT2D eigenvalue weighted by molar-refractivity contribution is -0.140. The van der Waals surface area contributed by atoms with Gasteiger partial charge in [-0.1, -0.05) is 11.6 Å². The minimum Gasteiger partial charge on any atom is -0.430 e. The van der Waals surface area contributed by atoms with E-state index in [0.29, 0.717) is 12.1 Å². The quantitative estimate of drug-likeness (QED) is 0.731. The van der Waals surface area contributed by atoms with Gasteiger partial charge in [-0.15, -0.1) is 0 Å². The molecule has 90 valence electrons. The molecule has 0 bridgehead atoms. The zero-order chi connectivity index (χ0) is 12.5. The molecule has 0 fully saturated rings. The fourth-order valence-corrected chi connectivity index (χ4v) is 1.14. The second-order valence-electron chi connectivity index (χ2n) is 2.61. The number of hydrogen-bond donors (Lipinski definition) is 0. The fourth-order valence-electron chi connectivity index (χ4n) is 0.949. The number of alkyl halides is 5.